The fraction of sp³-hybridized carbons (Fsp3) is 0.318. The molecule has 42 heavy (non-hydrogen) atoms. The van der Waals surface area contributed by atoms with Crippen LogP contribution in [0.4, 0.5) is 42.1 Å². The van der Waals surface area contributed by atoms with E-state index in [2.05, 4.69) is 20.8 Å². The predicted molar refractivity (Wildman–Crippen MR) is 129 cm³/mol. The van der Waals surface area contributed by atoms with Gasteiger partial charge >= 0.3 is 18.0 Å². The van der Waals surface area contributed by atoms with E-state index in [0.717, 1.165) is 30.0 Å². The van der Waals surface area contributed by atoms with Crippen LogP contribution in [0.15, 0.2) is 46.5 Å². The summed E-state index contributed by atoms with van der Waals surface area (Å²) in [6.45, 7) is 2.74. The van der Waals surface area contributed by atoms with E-state index < -0.39 is 75.0 Å². The SMILES string of the molecule is CC(C)(CO)n1nnnc1Sc1ccc([N+](=O)[O-])cc1C(=O)Nc1ccc(C(F)(F)C(F)(F)C(F)(F)F)c(C(N)=O)c1. The van der Waals surface area contributed by atoms with Crippen molar-refractivity contribution in [1.29, 1.82) is 0 Å². The maximum absolute atomic E-state index is 14.3. The summed E-state index contributed by atoms with van der Waals surface area (Å²) in [5.74, 6) is -15.5. The minimum Gasteiger partial charge on any atom is -0.394 e. The number of halogens is 7. The zero-order valence-corrected chi connectivity index (χ0v) is 21.9. The van der Waals surface area contributed by atoms with Crippen LogP contribution in [0, 0.1) is 10.1 Å². The largest absolute Gasteiger partial charge is 0.460 e. The number of primary amides is 1. The number of aliphatic hydroxyl groups is 1. The lowest BCUT2D eigenvalue weighted by Crippen LogP contribution is -2.50. The van der Waals surface area contributed by atoms with Gasteiger partial charge in [-0.2, -0.15) is 30.7 Å². The number of nitro groups is 1. The molecule has 0 spiro atoms. The number of rotatable bonds is 10. The minimum absolute atomic E-state index is 0.00554. The van der Waals surface area contributed by atoms with Crippen LogP contribution in [0.2, 0.25) is 0 Å². The van der Waals surface area contributed by atoms with Gasteiger partial charge in [-0.05, 0) is 60.3 Å². The van der Waals surface area contributed by atoms with Gasteiger partial charge in [0, 0.05) is 28.3 Å². The predicted octanol–water partition coefficient (Wildman–Crippen LogP) is 4.10. The van der Waals surface area contributed by atoms with Gasteiger partial charge < -0.3 is 16.2 Å². The van der Waals surface area contributed by atoms with Crippen molar-refractivity contribution in [3.05, 3.63) is 63.2 Å². The Hall–Kier alpha value is -4.33. The molecule has 0 atom stereocenters. The molecule has 0 saturated heterocycles. The van der Waals surface area contributed by atoms with Gasteiger partial charge in [0.25, 0.3) is 11.6 Å². The smallest absolute Gasteiger partial charge is 0.394 e. The van der Waals surface area contributed by atoms with E-state index in [1.165, 1.54) is 4.68 Å². The van der Waals surface area contributed by atoms with E-state index in [-0.39, 0.29) is 16.1 Å². The fourth-order valence-electron chi connectivity index (χ4n) is 3.33. The number of hydrogen-bond acceptors (Lipinski definition) is 9. The molecule has 0 bridgehead atoms. The van der Waals surface area contributed by atoms with E-state index in [1.807, 2.05) is 0 Å². The van der Waals surface area contributed by atoms with Gasteiger partial charge in [0.15, 0.2) is 0 Å². The van der Waals surface area contributed by atoms with Gasteiger partial charge in [-0.25, -0.2) is 4.68 Å². The van der Waals surface area contributed by atoms with Crippen molar-refractivity contribution in [2.45, 2.75) is 47.5 Å². The van der Waals surface area contributed by atoms with Crippen LogP contribution in [0.3, 0.4) is 0 Å². The van der Waals surface area contributed by atoms with E-state index >= 15 is 0 Å². The number of amides is 2. The first-order chi connectivity index (χ1) is 19.2. The Morgan fingerprint density at radius 1 is 1.07 bits per heavy atom. The molecule has 0 aliphatic carbocycles. The van der Waals surface area contributed by atoms with Gasteiger partial charge in [-0.1, -0.05) is 0 Å². The van der Waals surface area contributed by atoms with E-state index in [1.54, 1.807) is 13.8 Å². The Labute approximate surface area is 234 Å². The lowest BCUT2D eigenvalue weighted by molar-refractivity contribution is -0.384. The van der Waals surface area contributed by atoms with Crippen LogP contribution < -0.4 is 11.1 Å². The molecule has 0 aliphatic heterocycles. The molecule has 20 heteroatoms. The van der Waals surface area contributed by atoms with Gasteiger partial charge in [-0.3, -0.25) is 19.7 Å². The number of aromatic nitrogens is 4. The van der Waals surface area contributed by atoms with Gasteiger partial charge in [0.1, 0.15) is 0 Å². The van der Waals surface area contributed by atoms with Crippen molar-refractivity contribution < 1.29 is 50.4 Å². The molecule has 0 aliphatic rings. The Kier molecular flexibility index (Phi) is 8.55. The van der Waals surface area contributed by atoms with Crippen LogP contribution in [0.1, 0.15) is 40.1 Å². The van der Waals surface area contributed by atoms with Crippen LogP contribution in [0.5, 0.6) is 0 Å². The van der Waals surface area contributed by atoms with E-state index in [9.17, 15) is 55.5 Å². The molecule has 0 radical (unpaired) electrons. The summed E-state index contributed by atoms with van der Waals surface area (Å²) in [5.41, 5.74) is -1.11. The molecule has 0 fully saturated rings. The average molecular weight is 625 g/mol. The quantitative estimate of drug-likeness (QED) is 0.170. The highest BCUT2D eigenvalue weighted by molar-refractivity contribution is 7.99. The number of aliphatic hydroxyl groups excluding tert-OH is 1. The number of anilines is 1. The Bertz CT molecular complexity index is 1550. The lowest BCUT2D eigenvalue weighted by Gasteiger charge is -2.29. The summed E-state index contributed by atoms with van der Waals surface area (Å²) in [7, 11) is 0. The molecule has 2 amide bonds. The molecular weight excluding hydrogens is 607 g/mol. The monoisotopic (exact) mass is 625 g/mol. The number of nitrogens with two attached hydrogens (primary N) is 1. The summed E-state index contributed by atoms with van der Waals surface area (Å²) in [6.07, 6.45) is -6.69. The van der Waals surface area contributed by atoms with E-state index in [0.29, 0.717) is 12.1 Å². The summed E-state index contributed by atoms with van der Waals surface area (Å²) < 4.78 is 95.2. The maximum atomic E-state index is 14.3. The van der Waals surface area contributed by atoms with Gasteiger partial charge in [0.2, 0.25) is 11.1 Å². The summed E-state index contributed by atoms with van der Waals surface area (Å²) >= 11 is 0.737. The second-order valence-corrected chi connectivity index (χ2v) is 10.1. The second kappa shape index (κ2) is 11.2. The zero-order valence-electron chi connectivity index (χ0n) is 21.1. The zero-order chi connectivity index (χ0) is 31.8. The second-order valence-electron chi connectivity index (χ2n) is 9.11. The topological polar surface area (TPSA) is 179 Å². The number of carbonyl (C=O) groups excluding carboxylic acids is 2. The summed E-state index contributed by atoms with van der Waals surface area (Å²) in [5, 5.41) is 34.2. The van der Waals surface area contributed by atoms with E-state index in [4.69, 9.17) is 5.73 Å². The molecule has 0 saturated carbocycles. The minimum atomic E-state index is -6.69. The molecular formula is C22H18F7N7O5S. The molecule has 1 aromatic heterocycles. The molecule has 4 N–H and O–H groups in total. The van der Waals surface area contributed by atoms with Crippen molar-refractivity contribution in [2.75, 3.05) is 11.9 Å². The van der Waals surface area contributed by atoms with Gasteiger partial charge in [-0.15, -0.1) is 5.10 Å². The molecule has 0 unspecified atom stereocenters. The number of alkyl halides is 7. The first kappa shape index (κ1) is 32.2. The number of nitrogens with zero attached hydrogens (tertiary/aromatic N) is 5. The molecule has 1 heterocycles. The van der Waals surface area contributed by atoms with Crippen LogP contribution in [-0.4, -0.2) is 60.8 Å². The molecule has 2 aromatic carbocycles. The number of tetrazole rings is 1. The first-order valence-corrected chi connectivity index (χ1v) is 12.0. The Morgan fingerprint density at radius 3 is 2.26 bits per heavy atom. The number of benzene rings is 2. The van der Waals surface area contributed by atoms with Crippen LogP contribution in [0.25, 0.3) is 0 Å². The lowest BCUT2D eigenvalue weighted by atomic mass is 9.95. The van der Waals surface area contributed by atoms with Crippen LogP contribution in [-0.2, 0) is 11.5 Å². The highest BCUT2D eigenvalue weighted by atomic mass is 32.2. The average Bonchev–Trinajstić information content (AvgIpc) is 3.37. The first-order valence-electron chi connectivity index (χ1n) is 11.2. The Morgan fingerprint density at radius 2 is 1.71 bits per heavy atom. The number of non-ortho nitro benzene ring substituents is 1. The third-order valence-electron chi connectivity index (χ3n) is 5.65. The number of carbonyl (C=O) groups is 2. The standard InChI is InChI=1S/C22H18F7N7O5S/c1-19(2,9-37)35-18(32-33-34-35)42-15-6-4-11(36(40)41)8-13(15)17(39)31-10-3-5-14(12(7-10)16(30)38)20(23,24)21(25,26)22(27,28)29/h3-8,37H,9H2,1-2H3,(H2,30,38)(H,31,39). The highest BCUT2D eigenvalue weighted by Crippen LogP contribution is 2.52. The number of hydrogen-bond donors (Lipinski definition) is 3. The van der Waals surface area contributed by atoms with Crippen LogP contribution >= 0.6 is 11.8 Å². The highest BCUT2D eigenvalue weighted by Gasteiger charge is 2.74. The van der Waals surface area contributed by atoms with Crippen molar-refractivity contribution in [1.82, 2.24) is 20.2 Å². The third-order valence-corrected chi connectivity index (χ3v) is 6.67. The summed E-state index contributed by atoms with van der Waals surface area (Å²) in [4.78, 5) is 35.4. The van der Waals surface area contributed by atoms with Crippen molar-refractivity contribution in [2.24, 2.45) is 5.73 Å². The molecule has 226 valence electrons. The van der Waals surface area contributed by atoms with Crippen molar-refractivity contribution in [3.8, 4) is 0 Å². The van der Waals surface area contributed by atoms with Crippen molar-refractivity contribution in [3.63, 3.8) is 0 Å². The fourth-order valence-corrected chi connectivity index (χ4v) is 4.37. The van der Waals surface area contributed by atoms with Crippen molar-refractivity contribution >= 4 is 35.0 Å². The Balaban J connectivity index is 2.05. The molecule has 3 rings (SSSR count). The van der Waals surface area contributed by atoms with Gasteiger partial charge in [0.05, 0.1) is 28.2 Å². The summed E-state index contributed by atoms with van der Waals surface area (Å²) in [6, 6.07) is 3.93. The third kappa shape index (κ3) is 5.98. The number of nitrogens with one attached hydrogen (secondary N) is 1. The molecule has 3 aromatic rings. The number of nitro benzene ring substituents is 1. The maximum Gasteiger partial charge on any atom is 0.460 e. The normalized spacial score (nSPS) is 12.7. The molecule has 12 nitrogen and oxygen atoms in total.